The van der Waals surface area contributed by atoms with E-state index in [1.807, 2.05) is 53.1 Å². The van der Waals surface area contributed by atoms with E-state index in [9.17, 15) is 9.59 Å². The molecule has 0 unspecified atom stereocenters. The van der Waals surface area contributed by atoms with Crippen LogP contribution in [-0.2, 0) is 11.3 Å². The van der Waals surface area contributed by atoms with Crippen molar-refractivity contribution >= 4 is 27.7 Å². The van der Waals surface area contributed by atoms with Crippen LogP contribution in [-0.4, -0.2) is 16.5 Å². The van der Waals surface area contributed by atoms with Crippen molar-refractivity contribution < 1.29 is 4.79 Å². The molecule has 0 spiro atoms. The minimum absolute atomic E-state index is 0.0159. The number of aromatic nitrogens is 1. The first kappa shape index (κ1) is 19.2. The molecular formula is C23H28N2O2. The smallest absolute Gasteiger partial charge is 0.240 e. The number of pyridine rings is 1. The lowest BCUT2D eigenvalue weighted by atomic mass is 10.1. The number of amides is 1. The molecule has 0 radical (unpaired) electrons. The summed E-state index contributed by atoms with van der Waals surface area (Å²) in [5.41, 5.74) is 1.61. The van der Waals surface area contributed by atoms with E-state index in [1.165, 1.54) is 19.3 Å². The van der Waals surface area contributed by atoms with Gasteiger partial charge in [-0.25, -0.2) is 0 Å². The van der Waals surface area contributed by atoms with Crippen LogP contribution in [0.15, 0.2) is 53.3 Å². The standard InChI is InChI=1S/C23H28N2O2/c1-3-4-5-6-11-17(2)24-22(26)16-25-20-14-9-7-12-18(20)23(27)19-13-8-10-15-21(19)25/h7-10,12-15,17H,3-6,11,16H2,1-2H3,(H,24,26)/t17-/m1/s1. The minimum Gasteiger partial charge on any atom is -0.352 e. The highest BCUT2D eigenvalue weighted by Gasteiger charge is 2.14. The highest BCUT2D eigenvalue weighted by Crippen LogP contribution is 2.19. The van der Waals surface area contributed by atoms with Gasteiger partial charge in [0.15, 0.2) is 5.43 Å². The van der Waals surface area contributed by atoms with Crippen LogP contribution in [0.25, 0.3) is 21.8 Å². The van der Waals surface area contributed by atoms with Gasteiger partial charge in [-0.05, 0) is 37.6 Å². The molecule has 1 aromatic heterocycles. The zero-order valence-electron chi connectivity index (χ0n) is 16.2. The van der Waals surface area contributed by atoms with Crippen molar-refractivity contribution in [3.8, 4) is 0 Å². The van der Waals surface area contributed by atoms with Gasteiger partial charge in [-0.15, -0.1) is 0 Å². The van der Waals surface area contributed by atoms with E-state index in [1.54, 1.807) is 0 Å². The molecule has 27 heavy (non-hydrogen) atoms. The fraction of sp³-hybridized carbons (Fsp3) is 0.391. The van der Waals surface area contributed by atoms with Gasteiger partial charge in [-0.3, -0.25) is 9.59 Å². The second kappa shape index (κ2) is 8.85. The molecule has 3 aromatic rings. The number of hydrogen-bond acceptors (Lipinski definition) is 2. The minimum atomic E-state index is -0.0167. The Labute approximate surface area is 160 Å². The van der Waals surface area contributed by atoms with E-state index in [2.05, 4.69) is 19.2 Å². The molecule has 3 rings (SSSR count). The molecule has 0 bridgehead atoms. The van der Waals surface area contributed by atoms with Crippen molar-refractivity contribution in [2.45, 2.75) is 58.5 Å². The van der Waals surface area contributed by atoms with Crippen LogP contribution in [0.2, 0.25) is 0 Å². The normalized spacial score (nSPS) is 12.4. The molecule has 142 valence electrons. The average Bonchev–Trinajstić information content (AvgIpc) is 2.68. The quantitative estimate of drug-likeness (QED) is 0.468. The third-order valence-corrected chi connectivity index (χ3v) is 5.08. The third kappa shape index (κ3) is 4.38. The molecule has 4 nitrogen and oxygen atoms in total. The second-order valence-corrected chi connectivity index (χ2v) is 7.27. The summed E-state index contributed by atoms with van der Waals surface area (Å²) in [6.45, 7) is 4.47. The van der Waals surface area contributed by atoms with Gasteiger partial charge < -0.3 is 9.88 Å². The van der Waals surface area contributed by atoms with Gasteiger partial charge >= 0.3 is 0 Å². The number of carbonyl (C=O) groups excluding carboxylic acids is 1. The highest BCUT2D eigenvalue weighted by atomic mass is 16.2. The molecule has 1 N–H and O–H groups in total. The molecule has 0 saturated heterocycles. The summed E-state index contributed by atoms with van der Waals surface area (Å²) in [5.74, 6) is -0.0167. The Morgan fingerprint density at radius 3 is 2.15 bits per heavy atom. The predicted molar refractivity (Wildman–Crippen MR) is 112 cm³/mol. The van der Waals surface area contributed by atoms with Crippen LogP contribution in [0, 0.1) is 0 Å². The number of fused-ring (bicyclic) bond motifs is 2. The molecule has 0 aliphatic rings. The number of para-hydroxylation sites is 2. The monoisotopic (exact) mass is 364 g/mol. The van der Waals surface area contributed by atoms with Gasteiger partial charge in [-0.1, -0.05) is 56.9 Å². The summed E-state index contributed by atoms with van der Waals surface area (Å²) in [6.07, 6.45) is 5.81. The molecular weight excluding hydrogens is 336 g/mol. The highest BCUT2D eigenvalue weighted by molar-refractivity contribution is 5.94. The van der Waals surface area contributed by atoms with E-state index < -0.39 is 0 Å². The molecule has 4 heteroatoms. The summed E-state index contributed by atoms with van der Waals surface area (Å²) < 4.78 is 1.95. The van der Waals surface area contributed by atoms with Crippen LogP contribution in [0.4, 0.5) is 0 Å². The lowest BCUT2D eigenvalue weighted by Crippen LogP contribution is -2.35. The number of hydrogen-bond donors (Lipinski definition) is 1. The van der Waals surface area contributed by atoms with E-state index in [0.29, 0.717) is 10.8 Å². The van der Waals surface area contributed by atoms with Crippen molar-refractivity contribution in [1.82, 2.24) is 9.88 Å². The molecule has 0 aliphatic heterocycles. The Balaban J connectivity index is 1.84. The van der Waals surface area contributed by atoms with E-state index in [-0.39, 0.29) is 23.9 Å². The second-order valence-electron chi connectivity index (χ2n) is 7.27. The zero-order valence-corrected chi connectivity index (χ0v) is 16.2. The van der Waals surface area contributed by atoms with Gasteiger partial charge in [0.25, 0.3) is 0 Å². The lowest BCUT2D eigenvalue weighted by Gasteiger charge is -2.17. The number of nitrogens with one attached hydrogen (secondary N) is 1. The first-order valence-corrected chi connectivity index (χ1v) is 9.91. The maximum atomic E-state index is 12.8. The van der Waals surface area contributed by atoms with Crippen LogP contribution < -0.4 is 10.7 Å². The van der Waals surface area contributed by atoms with Gasteiger partial charge in [-0.2, -0.15) is 0 Å². The zero-order chi connectivity index (χ0) is 19.2. The van der Waals surface area contributed by atoms with Gasteiger partial charge in [0, 0.05) is 16.8 Å². The lowest BCUT2D eigenvalue weighted by molar-refractivity contribution is -0.122. The van der Waals surface area contributed by atoms with Crippen LogP contribution in [0.1, 0.15) is 46.0 Å². The average molecular weight is 364 g/mol. The van der Waals surface area contributed by atoms with Crippen LogP contribution >= 0.6 is 0 Å². The molecule has 0 fully saturated rings. The molecule has 1 atom stereocenters. The largest absolute Gasteiger partial charge is 0.352 e. The van der Waals surface area contributed by atoms with Gasteiger partial charge in [0.1, 0.15) is 6.54 Å². The van der Waals surface area contributed by atoms with Gasteiger partial charge in [0.2, 0.25) is 5.91 Å². The summed E-state index contributed by atoms with van der Waals surface area (Å²) in [5, 5.41) is 4.41. The van der Waals surface area contributed by atoms with E-state index in [0.717, 1.165) is 23.9 Å². The Morgan fingerprint density at radius 2 is 1.56 bits per heavy atom. The van der Waals surface area contributed by atoms with Crippen molar-refractivity contribution in [3.63, 3.8) is 0 Å². The maximum Gasteiger partial charge on any atom is 0.240 e. The van der Waals surface area contributed by atoms with Crippen LogP contribution in [0.5, 0.6) is 0 Å². The van der Waals surface area contributed by atoms with Crippen molar-refractivity contribution in [3.05, 3.63) is 58.8 Å². The number of nitrogens with zero attached hydrogens (tertiary/aromatic N) is 1. The third-order valence-electron chi connectivity index (χ3n) is 5.08. The fourth-order valence-electron chi connectivity index (χ4n) is 3.66. The first-order valence-electron chi connectivity index (χ1n) is 9.91. The number of benzene rings is 2. The Bertz CT molecular complexity index is 930. The van der Waals surface area contributed by atoms with E-state index in [4.69, 9.17) is 0 Å². The number of carbonyl (C=O) groups is 1. The van der Waals surface area contributed by atoms with E-state index >= 15 is 0 Å². The maximum absolute atomic E-state index is 12.8. The summed E-state index contributed by atoms with van der Waals surface area (Å²) in [4.78, 5) is 25.4. The van der Waals surface area contributed by atoms with Crippen molar-refractivity contribution in [2.75, 3.05) is 0 Å². The molecule has 1 heterocycles. The summed E-state index contributed by atoms with van der Waals surface area (Å²) in [6, 6.07) is 15.2. The molecule has 0 saturated carbocycles. The molecule has 0 aliphatic carbocycles. The topological polar surface area (TPSA) is 51.1 Å². The number of rotatable bonds is 8. The molecule has 1 amide bonds. The van der Waals surface area contributed by atoms with Crippen LogP contribution in [0.3, 0.4) is 0 Å². The Morgan fingerprint density at radius 1 is 0.963 bits per heavy atom. The van der Waals surface area contributed by atoms with Crippen molar-refractivity contribution in [1.29, 1.82) is 0 Å². The summed E-state index contributed by atoms with van der Waals surface area (Å²) >= 11 is 0. The predicted octanol–water partition coefficient (Wildman–Crippen LogP) is 4.63. The Hall–Kier alpha value is -2.62. The molecule has 2 aromatic carbocycles. The summed E-state index contributed by atoms with van der Waals surface area (Å²) in [7, 11) is 0. The first-order chi connectivity index (χ1) is 13.1. The number of unbranched alkanes of at least 4 members (excludes halogenated alkanes) is 3. The SMILES string of the molecule is CCCCCC[C@@H](C)NC(=O)Cn1c2ccccc2c(=O)c2ccccc21. The fourth-order valence-corrected chi connectivity index (χ4v) is 3.66. The van der Waals surface area contributed by atoms with Gasteiger partial charge in [0.05, 0.1) is 11.0 Å². The Kier molecular flexibility index (Phi) is 6.28. The van der Waals surface area contributed by atoms with Crippen molar-refractivity contribution in [2.24, 2.45) is 0 Å².